The van der Waals surface area contributed by atoms with Gasteiger partial charge in [0.15, 0.2) is 11.4 Å². The van der Waals surface area contributed by atoms with Crippen molar-refractivity contribution in [2.75, 3.05) is 38.2 Å². The van der Waals surface area contributed by atoms with Crippen LogP contribution in [0.25, 0.3) is 10.2 Å². The second kappa shape index (κ2) is 17.4. The fourth-order valence-electron chi connectivity index (χ4n) is 7.77. The standard InChI is InChI=1S/C38H50F2N4O8S2/c1-2-50-36-24-15-25(22-51-36)33(17-24)52-38(46)43-30(14-23-12-27(39)18-28(40)13-23)32(45)20-44-10-6-4-3-5-7-11-49-21-26-16-31-34(19-35(26)54(44,47)48)53-37(42-31)41-29-8-9-29/h12-13,16,18-19,24-25,29-30,32-33,36,45H,2-11,14-15,17,20-22H2,1H3,(H,41,42)(H,43,46)/t24?,25?,30-,32+,33?,36?/m0/s1. The number of aliphatic hydroxyl groups is 1. The first-order valence-electron chi connectivity index (χ1n) is 19.2. The Morgan fingerprint density at radius 3 is 2.63 bits per heavy atom. The van der Waals surface area contributed by atoms with Crippen molar-refractivity contribution in [3.8, 4) is 0 Å². The van der Waals surface area contributed by atoms with Gasteiger partial charge < -0.3 is 34.7 Å². The normalized spacial score (nSPS) is 26.1. The zero-order valence-corrected chi connectivity index (χ0v) is 32.1. The molecule has 16 heteroatoms. The van der Waals surface area contributed by atoms with Gasteiger partial charge in [0.05, 0.1) is 40.5 Å². The van der Waals surface area contributed by atoms with Crippen LogP contribution in [0, 0.1) is 23.5 Å². The Bertz CT molecular complexity index is 1860. The Kier molecular flexibility index (Phi) is 12.7. The Labute approximate surface area is 318 Å². The topological polar surface area (TPSA) is 149 Å². The van der Waals surface area contributed by atoms with Crippen molar-refractivity contribution in [2.24, 2.45) is 11.8 Å². The van der Waals surface area contributed by atoms with E-state index in [4.69, 9.17) is 23.9 Å². The second-order valence-corrected chi connectivity index (χ2v) is 17.9. The zero-order valence-electron chi connectivity index (χ0n) is 30.5. The molecular weight excluding hydrogens is 743 g/mol. The number of thiazole rings is 1. The highest BCUT2D eigenvalue weighted by atomic mass is 32.2. The molecule has 3 N–H and O–H groups in total. The first kappa shape index (κ1) is 39.3. The molecule has 0 spiro atoms. The maximum Gasteiger partial charge on any atom is 0.407 e. The summed E-state index contributed by atoms with van der Waals surface area (Å²) in [6.45, 7) is 3.06. The van der Waals surface area contributed by atoms with E-state index >= 15 is 0 Å². The summed E-state index contributed by atoms with van der Waals surface area (Å²) >= 11 is 1.39. The van der Waals surface area contributed by atoms with Gasteiger partial charge in [-0.05, 0) is 87.3 Å². The minimum absolute atomic E-state index is 0.0237. The van der Waals surface area contributed by atoms with Gasteiger partial charge in [0.2, 0.25) is 10.0 Å². The molecule has 7 rings (SSSR count). The van der Waals surface area contributed by atoms with Crippen molar-refractivity contribution in [3.63, 3.8) is 0 Å². The zero-order chi connectivity index (χ0) is 37.8. The number of hydrogen-bond donors (Lipinski definition) is 3. The average molecular weight is 793 g/mol. The van der Waals surface area contributed by atoms with E-state index in [0.717, 1.165) is 68.3 Å². The lowest BCUT2D eigenvalue weighted by Crippen LogP contribution is -2.51. The highest BCUT2D eigenvalue weighted by molar-refractivity contribution is 7.89. The van der Waals surface area contributed by atoms with Crippen LogP contribution in [-0.2, 0) is 42.0 Å². The Morgan fingerprint density at radius 1 is 1.07 bits per heavy atom. The summed E-state index contributed by atoms with van der Waals surface area (Å²) < 4.78 is 83.4. The number of carbonyl (C=O) groups excluding carboxylic acids is 1. The van der Waals surface area contributed by atoms with E-state index in [1.54, 1.807) is 12.1 Å². The number of β-amino-alcohol motifs (C(OH)–C–C–N with tert-alkyl or cyclic N) is 1. The molecule has 4 unspecified atom stereocenters. The molecule has 3 fully saturated rings. The van der Waals surface area contributed by atoms with Crippen LogP contribution in [0.4, 0.5) is 18.7 Å². The van der Waals surface area contributed by atoms with Gasteiger partial charge in [0, 0.05) is 50.2 Å². The number of alkyl carbamates (subject to hydrolysis) is 1. The SMILES string of the molecule is CCOC1OCC2CC1CC2OC(=O)N[C@@H](Cc1cc(F)cc(F)c1)[C@H](O)CN1CCCCCCCOCc2cc3nc(NC4CC4)sc3cc2S1(=O)=O. The van der Waals surface area contributed by atoms with Crippen molar-refractivity contribution < 1.29 is 46.0 Å². The van der Waals surface area contributed by atoms with Gasteiger partial charge >= 0.3 is 6.09 Å². The molecule has 1 amide bonds. The lowest BCUT2D eigenvalue weighted by molar-refractivity contribution is -0.190. The number of aliphatic hydroxyl groups excluding tert-OH is 1. The van der Waals surface area contributed by atoms with Crippen LogP contribution < -0.4 is 10.6 Å². The number of ether oxygens (including phenoxy) is 4. The number of nitrogens with zero attached hydrogens (tertiary/aromatic N) is 2. The predicted octanol–water partition coefficient (Wildman–Crippen LogP) is 6.11. The van der Waals surface area contributed by atoms with Crippen LogP contribution in [0.15, 0.2) is 35.2 Å². The van der Waals surface area contributed by atoms with Crippen LogP contribution in [0.2, 0.25) is 0 Å². The molecule has 0 radical (unpaired) electrons. The van der Waals surface area contributed by atoms with E-state index in [0.29, 0.717) is 54.5 Å². The molecule has 2 aliphatic carbocycles. The summed E-state index contributed by atoms with van der Waals surface area (Å²) in [4.78, 5) is 18.3. The van der Waals surface area contributed by atoms with Gasteiger partial charge in [-0.25, -0.2) is 27.0 Å². The molecule has 2 bridgehead atoms. The molecule has 3 heterocycles. The van der Waals surface area contributed by atoms with Crippen LogP contribution in [0.5, 0.6) is 0 Å². The largest absolute Gasteiger partial charge is 0.446 e. The van der Waals surface area contributed by atoms with Crippen LogP contribution in [0.3, 0.4) is 0 Å². The minimum atomic E-state index is -4.23. The molecule has 4 aliphatic rings. The Morgan fingerprint density at radius 2 is 1.85 bits per heavy atom. The van der Waals surface area contributed by atoms with E-state index in [9.17, 15) is 27.1 Å². The molecule has 2 aromatic carbocycles. The summed E-state index contributed by atoms with van der Waals surface area (Å²) in [6.07, 6.45) is 4.16. The van der Waals surface area contributed by atoms with Crippen molar-refractivity contribution in [2.45, 2.75) is 113 Å². The van der Waals surface area contributed by atoms with E-state index in [1.165, 1.54) is 15.6 Å². The number of hydrogen-bond acceptors (Lipinski definition) is 11. The van der Waals surface area contributed by atoms with Gasteiger partial charge in [0.1, 0.15) is 17.7 Å². The Balaban J connectivity index is 1.14. The summed E-state index contributed by atoms with van der Waals surface area (Å²) in [5.74, 6) is -1.58. The predicted molar refractivity (Wildman–Crippen MR) is 199 cm³/mol. The number of halogens is 2. The molecule has 3 aromatic rings. The molecule has 54 heavy (non-hydrogen) atoms. The first-order valence-corrected chi connectivity index (χ1v) is 21.4. The third kappa shape index (κ3) is 9.68. The van der Waals surface area contributed by atoms with Crippen molar-refractivity contribution in [1.29, 1.82) is 0 Å². The molecule has 12 nitrogen and oxygen atoms in total. The van der Waals surface area contributed by atoms with E-state index in [1.807, 2.05) is 6.92 Å². The number of anilines is 1. The lowest BCUT2D eigenvalue weighted by Gasteiger charge is -2.31. The van der Waals surface area contributed by atoms with Crippen molar-refractivity contribution in [3.05, 3.63) is 53.1 Å². The highest BCUT2D eigenvalue weighted by Gasteiger charge is 2.45. The summed E-state index contributed by atoms with van der Waals surface area (Å²) in [5.41, 5.74) is 1.32. The quantitative estimate of drug-likeness (QED) is 0.208. The maximum atomic E-state index is 14.7. The number of carbonyl (C=O) groups is 1. The van der Waals surface area contributed by atoms with E-state index in [-0.39, 0.29) is 48.2 Å². The fourth-order valence-corrected chi connectivity index (χ4v) is 10.5. The highest BCUT2D eigenvalue weighted by Crippen LogP contribution is 2.41. The van der Waals surface area contributed by atoms with Crippen LogP contribution >= 0.6 is 11.3 Å². The average Bonchev–Trinajstić information content (AvgIpc) is 3.75. The van der Waals surface area contributed by atoms with Crippen LogP contribution in [0.1, 0.15) is 75.8 Å². The summed E-state index contributed by atoms with van der Waals surface area (Å²) in [7, 11) is -4.23. The third-order valence-electron chi connectivity index (χ3n) is 10.7. The third-order valence-corrected chi connectivity index (χ3v) is 13.6. The lowest BCUT2D eigenvalue weighted by atomic mass is 10.0. The van der Waals surface area contributed by atoms with E-state index in [2.05, 4.69) is 10.6 Å². The van der Waals surface area contributed by atoms with Crippen LogP contribution in [-0.4, -0.2) is 92.4 Å². The molecule has 6 atom stereocenters. The van der Waals surface area contributed by atoms with Gasteiger partial charge in [-0.2, -0.15) is 4.31 Å². The fraction of sp³-hybridized carbons (Fsp3) is 0.632. The number of nitrogens with one attached hydrogen (secondary N) is 2. The summed E-state index contributed by atoms with van der Waals surface area (Å²) in [6, 6.07) is 5.61. The molecule has 2 saturated carbocycles. The van der Waals surface area contributed by atoms with Gasteiger partial charge in [-0.1, -0.05) is 30.6 Å². The minimum Gasteiger partial charge on any atom is -0.446 e. The first-order chi connectivity index (χ1) is 26.0. The number of benzene rings is 2. The molecular formula is C38H50F2N4O8S2. The van der Waals surface area contributed by atoms with Crippen molar-refractivity contribution >= 4 is 42.8 Å². The van der Waals surface area contributed by atoms with Gasteiger partial charge in [0.25, 0.3) is 0 Å². The van der Waals surface area contributed by atoms with E-state index < -0.39 is 52.5 Å². The molecule has 1 saturated heterocycles. The number of rotatable bonds is 11. The molecule has 296 valence electrons. The summed E-state index contributed by atoms with van der Waals surface area (Å²) in [5, 5.41) is 18.7. The Hall–Kier alpha value is -2.99. The number of sulfonamides is 1. The second-order valence-electron chi connectivity index (χ2n) is 14.9. The smallest absolute Gasteiger partial charge is 0.407 e. The number of amides is 1. The van der Waals surface area contributed by atoms with Gasteiger partial charge in [-0.3, -0.25) is 0 Å². The molecule has 1 aromatic heterocycles. The van der Waals surface area contributed by atoms with Crippen molar-refractivity contribution in [1.82, 2.24) is 14.6 Å². The number of fused-ring (bicyclic) bond motifs is 4. The number of aromatic nitrogens is 1. The maximum absolute atomic E-state index is 14.7. The molecule has 2 aliphatic heterocycles. The van der Waals surface area contributed by atoms with Gasteiger partial charge in [-0.15, -0.1) is 0 Å². The monoisotopic (exact) mass is 792 g/mol.